The molecular weight excluding hydrogens is 273 g/mol. The molecule has 4 nitrogen and oxygen atoms in total. The topological polar surface area (TPSA) is 57.6 Å². The van der Waals surface area contributed by atoms with E-state index < -0.39 is 5.97 Å². The molecule has 1 N–H and O–H groups in total. The Bertz CT molecular complexity index is 725. The summed E-state index contributed by atoms with van der Waals surface area (Å²) in [7, 11) is 0. The molecule has 21 heavy (non-hydrogen) atoms. The molecule has 0 fully saturated rings. The van der Waals surface area contributed by atoms with Crippen LogP contribution in [-0.2, 0) is 13.1 Å². The number of benzene rings is 2. The molecule has 5 heteroatoms. The van der Waals surface area contributed by atoms with E-state index in [1.807, 2.05) is 0 Å². The first-order chi connectivity index (χ1) is 10.0. The Balaban J connectivity index is 1.82. The first-order valence-corrected chi connectivity index (χ1v) is 6.44. The molecule has 0 aromatic heterocycles. The summed E-state index contributed by atoms with van der Waals surface area (Å²) in [6.07, 6.45) is 0. The number of hydrogen-bond acceptors (Lipinski definition) is 2. The highest BCUT2D eigenvalue weighted by molar-refractivity contribution is 5.94. The number of hydrogen-bond donors (Lipinski definition) is 1. The Morgan fingerprint density at radius 2 is 1.57 bits per heavy atom. The molecule has 1 heterocycles. The summed E-state index contributed by atoms with van der Waals surface area (Å²) in [6, 6.07) is 10.3. The minimum atomic E-state index is -0.985. The SMILES string of the molecule is O=C(O)c1ccc2c(c1)CN(C(=O)c1ccc(F)cc1)C2. The molecule has 0 saturated carbocycles. The molecule has 1 amide bonds. The van der Waals surface area contributed by atoms with E-state index in [1.54, 1.807) is 17.0 Å². The van der Waals surface area contributed by atoms with E-state index in [0.717, 1.165) is 11.1 Å². The average molecular weight is 285 g/mol. The van der Waals surface area contributed by atoms with Crippen LogP contribution in [0.2, 0.25) is 0 Å². The van der Waals surface area contributed by atoms with Gasteiger partial charge in [0.1, 0.15) is 5.82 Å². The molecule has 1 aliphatic rings. The largest absolute Gasteiger partial charge is 0.478 e. The number of fused-ring (bicyclic) bond motifs is 1. The molecule has 0 saturated heterocycles. The van der Waals surface area contributed by atoms with Gasteiger partial charge in [-0.15, -0.1) is 0 Å². The molecule has 0 bridgehead atoms. The number of halogens is 1. The van der Waals surface area contributed by atoms with Gasteiger partial charge in [-0.05, 0) is 47.5 Å². The Kier molecular flexibility index (Phi) is 3.17. The molecule has 2 aromatic rings. The van der Waals surface area contributed by atoms with E-state index in [1.165, 1.54) is 30.3 Å². The first kappa shape index (κ1) is 13.3. The van der Waals surface area contributed by atoms with Gasteiger partial charge in [0, 0.05) is 18.7 Å². The number of carbonyl (C=O) groups is 2. The van der Waals surface area contributed by atoms with Gasteiger partial charge in [-0.1, -0.05) is 6.07 Å². The standard InChI is InChI=1S/C16H12FNO3/c17-14-5-3-10(4-6-14)15(19)18-8-12-2-1-11(16(20)21)7-13(12)9-18/h1-7H,8-9H2,(H,20,21). The van der Waals surface area contributed by atoms with Crippen molar-refractivity contribution in [1.29, 1.82) is 0 Å². The second kappa shape index (κ2) is 5.01. The smallest absolute Gasteiger partial charge is 0.335 e. The van der Waals surface area contributed by atoms with Crippen LogP contribution in [0.25, 0.3) is 0 Å². The molecule has 3 rings (SSSR count). The molecule has 0 unspecified atom stereocenters. The number of amides is 1. The van der Waals surface area contributed by atoms with Crippen molar-refractivity contribution in [2.75, 3.05) is 0 Å². The van der Waals surface area contributed by atoms with E-state index in [4.69, 9.17) is 5.11 Å². The number of aromatic carboxylic acids is 1. The minimum Gasteiger partial charge on any atom is -0.478 e. The van der Waals surface area contributed by atoms with Crippen molar-refractivity contribution in [3.05, 3.63) is 70.5 Å². The lowest BCUT2D eigenvalue weighted by Crippen LogP contribution is -2.25. The van der Waals surface area contributed by atoms with Crippen LogP contribution in [0.5, 0.6) is 0 Å². The minimum absolute atomic E-state index is 0.192. The van der Waals surface area contributed by atoms with Crippen molar-refractivity contribution < 1.29 is 19.1 Å². The summed E-state index contributed by atoms with van der Waals surface area (Å²) in [5.74, 6) is -1.56. The molecule has 0 aliphatic carbocycles. The second-order valence-electron chi connectivity index (χ2n) is 4.96. The number of rotatable bonds is 2. The molecule has 0 spiro atoms. The van der Waals surface area contributed by atoms with Gasteiger partial charge >= 0.3 is 5.97 Å². The van der Waals surface area contributed by atoms with Crippen LogP contribution < -0.4 is 0 Å². The highest BCUT2D eigenvalue weighted by Gasteiger charge is 2.25. The van der Waals surface area contributed by atoms with Crippen LogP contribution in [0.3, 0.4) is 0 Å². The monoisotopic (exact) mass is 285 g/mol. The number of carboxylic acid groups (broad SMARTS) is 1. The van der Waals surface area contributed by atoms with Crippen LogP contribution >= 0.6 is 0 Å². The predicted octanol–water partition coefficient (Wildman–Crippen LogP) is 2.68. The lowest BCUT2D eigenvalue weighted by molar-refractivity contribution is 0.0696. The van der Waals surface area contributed by atoms with Crippen molar-refractivity contribution in [2.45, 2.75) is 13.1 Å². The third-order valence-electron chi connectivity index (χ3n) is 3.55. The van der Waals surface area contributed by atoms with E-state index in [9.17, 15) is 14.0 Å². The lowest BCUT2D eigenvalue weighted by atomic mass is 10.1. The van der Waals surface area contributed by atoms with Gasteiger partial charge in [0.15, 0.2) is 0 Å². The quantitative estimate of drug-likeness (QED) is 0.923. The third-order valence-corrected chi connectivity index (χ3v) is 3.55. The van der Waals surface area contributed by atoms with Crippen molar-refractivity contribution >= 4 is 11.9 Å². The van der Waals surface area contributed by atoms with Crippen molar-refractivity contribution in [3.63, 3.8) is 0 Å². The Hall–Kier alpha value is -2.69. The summed E-state index contributed by atoms with van der Waals surface area (Å²) < 4.78 is 12.9. The summed E-state index contributed by atoms with van der Waals surface area (Å²) in [5, 5.41) is 8.98. The lowest BCUT2D eigenvalue weighted by Gasteiger charge is -2.15. The molecule has 1 aliphatic heterocycles. The van der Waals surface area contributed by atoms with Crippen LogP contribution in [0.4, 0.5) is 4.39 Å². The van der Waals surface area contributed by atoms with Crippen LogP contribution in [0, 0.1) is 5.82 Å². The van der Waals surface area contributed by atoms with Gasteiger partial charge in [-0.2, -0.15) is 0 Å². The highest BCUT2D eigenvalue weighted by atomic mass is 19.1. The molecule has 0 atom stereocenters. The van der Waals surface area contributed by atoms with Gasteiger partial charge < -0.3 is 10.0 Å². The van der Waals surface area contributed by atoms with Gasteiger partial charge in [-0.25, -0.2) is 9.18 Å². The maximum atomic E-state index is 12.9. The van der Waals surface area contributed by atoms with E-state index in [2.05, 4.69) is 0 Å². The van der Waals surface area contributed by atoms with Crippen molar-refractivity contribution in [2.24, 2.45) is 0 Å². The average Bonchev–Trinajstić information content (AvgIpc) is 2.90. The Labute approximate surface area is 120 Å². The molecule has 0 radical (unpaired) electrons. The number of nitrogens with zero attached hydrogens (tertiary/aromatic N) is 1. The van der Waals surface area contributed by atoms with Crippen LogP contribution in [-0.4, -0.2) is 21.9 Å². The zero-order valence-electron chi connectivity index (χ0n) is 11.0. The second-order valence-corrected chi connectivity index (χ2v) is 4.96. The molecule has 106 valence electrons. The van der Waals surface area contributed by atoms with Gasteiger partial charge in [0.25, 0.3) is 5.91 Å². The summed E-state index contributed by atoms with van der Waals surface area (Å²) in [5.41, 5.74) is 2.41. The van der Waals surface area contributed by atoms with Crippen molar-refractivity contribution in [3.8, 4) is 0 Å². The zero-order valence-corrected chi connectivity index (χ0v) is 11.0. The zero-order chi connectivity index (χ0) is 15.0. The van der Waals surface area contributed by atoms with Gasteiger partial charge in [0.05, 0.1) is 5.56 Å². The maximum absolute atomic E-state index is 12.9. The molecular formula is C16H12FNO3. The predicted molar refractivity (Wildman–Crippen MR) is 73.4 cm³/mol. The fraction of sp³-hybridized carbons (Fsp3) is 0.125. The number of carbonyl (C=O) groups excluding carboxylic acids is 1. The first-order valence-electron chi connectivity index (χ1n) is 6.44. The highest BCUT2D eigenvalue weighted by Crippen LogP contribution is 2.25. The van der Waals surface area contributed by atoms with Gasteiger partial charge in [-0.3, -0.25) is 4.79 Å². The van der Waals surface area contributed by atoms with Crippen LogP contribution in [0.15, 0.2) is 42.5 Å². The maximum Gasteiger partial charge on any atom is 0.335 e. The Morgan fingerprint density at radius 3 is 2.24 bits per heavy atom. The van der Waals surface area contributed by atoms with Crippen LogP contribution in [0.1, 0.15) is 31.8 Å². The summed E-state index contributed by atoms with van der Waals surface area (Å²) in [4.78, 5) is 24.9. The van der Waals surface area contributed by atoms with E-state index in [0.29, 0.717) is 18.7 Å². The third kappa shape index (κ3) is 2.50. The number of carboxylic acids is 1. The Morgan fingerprint density at radius 1 is 0.952 bits per heavy atom. The molecule has 2 aromatic carbocycles. The summed E-state index contributed by atoms with van der Waals surface area (Å²) in [6.45, 7) is 0.804. The van der Waals surface area contributed by atoms with E-state index in [-0.39, 0.29) is 17.3 Å². The van der Waals surface area contributed by atoms with E-state index >= 15 is 0 Å². The van der Waals surface area contributed by atoms with Gasteiger partial charge in [0.2, 0.25) is 0 Å². The normalized spacial score (nSPS) is 13.1. The summed E-state index contributed by atoms with van der Waals surface area (Å²) >= 11 is 0. The van der Waals surface area contributed by atoms with Crippen molar-refractivity contribution in [1.82, 2.24) is 4.90 Å². The fourth-order valence-corrected chi connectivity index (χ4v) is 2.45. The fourth-order valence-electron chi connectivity index (χ4n) is 2.45.